The first-order chi connectivity index (χ1) is 11.0. The highest BCUT2D eigenvalue weighted by atomic mass is 32.2. The second-order valence-electron chi connectivity index (χ2n) is 5.53. The molecule has 1 aliphatic heterocycles. The molecule has 118 valence electrons. The number of rotatable bonds is 2. The lowest BCUT2D eigenvalue weighted by Gasteiger charge is -2.20. The van der Waals surface area contributed by atoms with Gasteiger partial charge in [-0.2, -0.15) is 9.57 Å². The first-order valence-electron chi connectivity index (χ1n) is 7.32. The Morgan fingerprint density at radius 2 is 1.74 bits per heavy atom. The van der Waals surface area contributed by atoms with Crippen molar-refractivity contribution in [3.8, 4) is 6.07 Å². The van der Waals surface area contributed by atoms with E-state index < -0.39 is 10.0 Å². The lowest BCUT2D eigenvalue weighted by molar-refractivity contribution is 0.420. The van der Waals surface area contributed by atoms with Crippen molar-refractivity contribution in [1.29, 1.82) is 5.26 Å². The Morgan fingerprint density at radius 1 is 1.04 bits per heavy atom. The second-order valence-corrected chi connectivity index (χ2v) is 7.46. The molecule has 0 radical (unpaired) electrons. The van der Waals surface area contributed by atoms with Crippen LogP contribution < -0.4 is 4.90 Å². The second kappa shape index (κ2) is 6.03. The van der Waals surface area contributed by atoms with E-state index in [-0.39, 0.29) is 4.90 Å². The number of hydrogen-bond donors (Lipinski definition) is 0. The van der Waals surface area contributed by atoms with E-state index >= 15 is 0 Å². The van der Waals surface area contributed by atoms with Crippen molar-refractivity contribution >= 4 is 15.7 Å². The van der Waals surface area contributed by atoms with E-state index in [4.69, 9.17) is 5.26 Å². The summed E-state index contributed by atoms with van der Waals surface area (Å²) in [6, 6.07) is 15.9. The van der Waals surface area contributed by atoms with E-state index in [1.807, 2.05) is 37.4 Å². The molecule has 0 unspecified atom stereocenters. The molecule has 0 aliphatic carbocycles. The van der Waals surface area contributed by atoms with Gasteiger partial charge in [0.1, 0.15) is 0 Å². The number of nitriles is 1. The fourth-order valence-corrected chi connectivity index (χ4v) is 4.13. The number of fused-ring (bicyclic) bond motifs is 1. The van der Waals surface area contributed by atoms with E-state index in [0.717, 1.165) is 11.3 Å². The highest BCUT2D eigenvalue weighted by Crippen LogP contribution is 2.27. The lowest BCUT2D eigenvalue weighted by Crippen LogP contribution is -2.34. The quantitative estimate of drug-likeness (QED) is 0.848. The summed E-state index contributed by atoms with van der Waals surface area (Å²) in [5, 5.41) is 8.84. The molecular formula is C17H17N3O2S. The molecule has 23 heavy (non-hydrogen) atoms. The predicted octanol–water partition coefficient (Wildman–Crippen LogP) is 2.20. The molecule has 3 rings (SSSR count). The van der Waals surface area contributed by atoms with Crippen LogP contribution in [0, 0.1) is 11.3 Å². The molecule has 6 heteroatoms. The molecule has 0 N–H and O–H groups in total. The van der Waals surface area contributed by atoms with Crippen molar-refractivity contribution in [2.24, 2.45) is 0 Å². The number of likely N-dealkylation sites (N-methyl/N-ethyl adjacent to an activating group) is 1. The number of para-hydroxylation sites is 1. The molecule has 1 heterocycles. The minimum atomic E-state index is -3.58. The summed E-state index contributed by atoms with van der Waals surface area (Å²) in [6.07, 6.45) is 0. The van der Waals surface area contributed by atoms with Crippen molar-refractivity contribution in [1.82, 2.24) is 4.31 Å². The van der Waals surface area contributed by atoms with Crippen LogP contribution in [0.25, 0.3) is 0 Å². The third kappa shape index (κ3) is 2.93. The third-order valence-corrected chi connectivity index (χ3v) is 5.91. The Bertz CT molecular complexity index is 854. The largest absolute Gasteiger partial charge is 0.373 e. The Kier molecular flexibility index (Phi) is 4.07. The van der Waals surface area contributed by atoms with Crippen LogP contribution in [0.4, 0.5) is 5.69 Å². The monoisotopic (exact) mass is 327 g/mol. The molecule has 0 spiro atoms. The minimum absolute atomic E-state index is 0.221. The van der Waals surface area contributed by atoms with E-state index in [9.17, 15) is 8.42 Å². The molecule has 0 saturated carbocycles. The van der Waals surface area contributed by atoms with Crippen molar-refractivity contribution in [3.05, 3.63) is 59.7 Å². The maximum Gasteiger partial charge on any atom is 0.243 e. The van der Waals surface area contributed by atoms with E-state index in [1.54, 1.807) is 0 Å². The maximum absolute atomic E-state index is 12.9. The van der Waals surface area contributed by atoms with Crippen LogP contribution in [-0.2, 0) is 16.6 Å². The standard InChI is InChI=1S/C17H17N3O2S/c1-19-10-11-20(13-15-4-2-3-5-17(15)19)23(21,22)16-8-6-14(12-18)7-9-16/h2-9H,10-11,13H2,1H3. The van der Waals surface area contributed by atoms with Gasteiger partial charge in [0.25, 0.3) is 0 Å². The van der Waals surface area contributed by atoms with Crippen LogP contribution in [0.5, 0.6) is 0 Å². The minimum Gasteiger partial charge on any atom is -0.373 e. The van der Waals surface area contributed by atoms with E-state index in [0.29, 0.717) is 25.2 Å². The SMILES string of the molecule is CN1CCN(S(=O)(=O)c2ccc(C#N)cc2)Cc2ccccc21. The van der Waals surface area contributed by atoms with Crippen LogP contribution in [0.2, 0.25) is 0 Å². The average Bonchev–Trinajstić information content (AvgIpc) is 2.75. The van der Waals surface area contributed by atoms with Gasteiger partial charge in [0.05, 0.1) is 16.5 Å². The normalized spacial score (nSPS) is 15.6. The van der Waals surface area contributed by atoms with Gasteiger partial charge in [0.2, 0.25) is 10.0 Å². The van der Waals surface area contributed by atoms with E-state index in [1.165, 1.54) is 28.6 Å². The summed E-state index contributed by atoms with van der Waals surface area (Å²) in [7, 11) is -1.61. The molecule has 1 aliphatic rings. The summed E-state index contributed by atoms with van der Waals surface area (Å²) >= 11 is 0. The average molecular weight is 327 g/mol. The fourth-order valence-electron chi connectivity index (χ4n) is 2.72. The molecule has 2 aromatic rings. The van der Waals surface area contributed by atoms with Gasteiger partial charge >= 0.3 is 0 Å². The Labute approximate surface area is 136 Å². The van der Waals surface area contributed by atoms with Crippen molar-refractivity contribution < 1.29 is 8.42 Å². The van der Waals surface area contributed by atoms with E-state index in [2.05, 4.69) is 4.90 Å². The summed E-state index contributed by atoms with van der Waals surface area (Å²) in [4.78, 5) is 2.29. The van der Waals surface area contributed by atoms with Crippen molar-refractivity contribution in [2.45, 2.75) is 11.4 Å². The molecule has 0 atom stereocenters. The fraction of sp³-hybridized carbons (Fsp3) is 0.235. The smallest absolute Gasteiger partial charge is 0.243 e. The van der Waals surface area contributed by atoms with Gasteiger partial charge in [0, 0.05) is 32.4 Å². The summed E-state index contributed by atoms with van der Waals surface area (Å²) < 4.78 is 27.3. The summed E-state index contributed by atoms with van der Waals surface area (Å²) in [5.74, 6) is 0. The number of benzene rings is 2. The number of anilines is 1. The summed E-state index contributed by atoms with van der Waals surface area (Å²) in [5.41, 5.74) is 2.50. The molecule has 0 amide bonds. The zero-order valence-corrected chi connectivity index (χ0v) is 13.6. The summed E-state index contributed by atoms with van der Waals surface area (Å²) in [6.45, 7) is 1.41. The van der Waals surface area contributed by atoms with Crippen LogP contribution in [-0.4, -0.2) is 32.9 Å². The molecule has 5 nitrogen and oxygen atoms in total. The van der Waals surface area contributed by atoms with Gasteiger partial charge < -0.3 is 4.90 Å². The first-order valence-corrected chi connectivity index (χ1v) is 8.76. The zero-order chi connectivity index (χ0) is 16.4. The first kappa shape index (κ1) is 15.5. The van der Waals surface area contributed by atoms with Gasteiger partial charge in [-0.1, -0.05) is 18.2 Å². The van der Waals surface area contributed by atoms with Gasteiger partial charge in [-0.3, -0.25) is 0 Å². The topological polar surface area (TPSA) is 64.4 Å². The molecule has 0 fully saturated rings. The van der Waals surface area contributed by atoms with Crippen LogP contribution >= 0.6 is 0 Å². The number of hydrogen-bond acceptors (Lipinski definition) is 4. The zero-order valence-electron chi connectivity index (χ0n) is 12.8. The highest BCUT2D eigenvalue weighted by molar-refractivity contribution is 7.89. The maximum atomic E-state index is 12.9. The highest BCUT2D eigenvalue weighted by Gasteiger charge is 2.28. The molecule has 2 aromatic carbocycles. The van der Waals surface area contributed by atoms with Crippen LogP contribution in [0.3, 0.4) is 0 Å². The Hall–Kier alpha value is -2.36. The Morgan fingerprint density at radius 3 is 2.43 bits per heavy atom. The predicted molar refractivity (Wildman–Crippen MR) is 88.5 cm³/mol. The third-order valence-electron chi connectivity index (χ3n) is 4.06. The number of nitrogens with zero attached hydrogens (tertiary/aromatic N) is 3. The van der Waals surface area contributed by atoms with Crippen LogP contribution in [0.15, 0.2) is 53.4 Å². The molecule has 0 bridgehead atoms. The van der Waals surface area contributed by atoms with Crippen molar-refractivity contribution in [3.63, 3.8) is 0 Å². The lowest BCUT2D eigenvalue weighted by atomic mass is 10.1. The van der Waals surface area contributed by atoms with Gasteiger partial charge in [-0.25, -0.2) is 8.42 Å². The molecule has 0 aromatic heterocycles. The Balaban J connectivity index is 1.96. The number of sulfonamides is 1. The molecular weight excluding hydrogens is 310 g/mol. The van der Waals surface area contributed by atoms with Crippen molar-refractivity contribution in [2.75, 3.05) is 25.0 Å². The van der Waals surface area contributed by atoms with Gasteiger partial charge in [0.15, 0.2) is 0 Å². The van der Waals surface area contributed by atoms with Crippen LogP contribution in [0.1, 0.15) is 11.1 Å². The molecule has 0 saturated heterocycles. The van der Waals surface area contributed by atoms with Gasteiger partial charge in [-0.05, 0) is 35.9 Å². The van der Waals surface area contributed by atoms with Gasteiger partial charge in [-0.15, -0.1) is 0 Å².